The Labute approximate surface area is 243 Å². The van der Waals surface area contributed by atoms with Crippen molar-refractivity contribution < 1.29 is 34.3 Å². The third-order valence-corrected chi connectivity index (χ3v) is 8.20. The van der Waals surface area contributed by atoms with Gasteiger partial charge in [0.1, 0.15) is 12.2 Å². The fraction of sp³-hybridized carbons (Fsp3) is 0.483. The van der Waals surface area contributed by atoms with Gasteiger partial charge in [0, 0.05) is 56.6 Å². The molecule has 3 atom stereocenters. The van der Waals surface area contributed by atoms with Crippen LogP contribution in [0.15, 0.2) is 42.5 Å². The molecule has 13 heteroatoms. The van der Waals surface area contributed by atoms with E-state index in [2.05, 4.69) is 34.4 Å². The summed E-state index contributed by atoms with van der Waals surface area (Å²) in [6, 6.07) is 13.4. The number of likely N-dealkylation sites (N-methyl/N-ethyl adjacent to an activating group) is 1. The van der Waals surface area contributed by atoms with Gasteiger partial charge in [-0.1, -0.05) is 12.1 Å². The predicted octanol–water partition coefficient (Wildman–Crippen LogP) is 2.04. The molecular formula is C29H37N5O8. The van der Waals surface area contributed by atoms with Crippen LogP contribution in [0.3, 0.4) is 0 Å². The van der Waals surface area contributed by atoms with Crippen LogP contribution in [0.1, 0.15) is 24.0 Å². The van der Waals surface area contributed by atoms with Crippen molar-refractivity contribution >= 4 is 29.2 Å². The number of carboxylic acids is 2. The summed E-state index contributed by atoms with van der Waals surface area (Å²) in [6.07, 6.45) is 2.04. The van der Waals surface area contributed by atoms with Crippen LogP contribution in [0.4, 0.5) is 11.4 Å². The van der Waals surface area contributed by atoms with Crippen LogP contribution in [0.25, 0.3) is 0 Å². The summed E-state index contributed by atoms with van der Waals surface area (Å²) in [4.78, 5) is 47.1. The van der Waals surface area contributed by atoms with Crippen LogP contribution in [0.2, 0.25) is 0 Å². The Kier molecular flexibility index (Phi) is 9.96. The number of methoxy groups -OCH3 is 1. The van der Waals surface area contributed by atoms with Gasteiger partial charge in [-0.05, 0) is 61.6 Å². The molecule has 0 saturated carbocycles. The quantitative estimate of drug-likeness (QED) is 0.248. The van der Waals surface area contributed by atoms with Crippen molar-refractivity contribution in [2.45, 2.75) is 31.7 Å². The van der Waals surface area contributed by atoms with Gasteiger partial charge in [0.2, 0.25) is 5.91 Å². The van der Waals surface area contributed by atoms with E-state index >= 15 is 0 Å². The maximum Gasteiger partial charge on any atom is 0.314 e. The lowest BCUT2D eigenvalue weighted by atomic mass is 9.72. The number of benzene rings is 2. The normalized spacial score (nSPS) is 22.0. The highest BCUT2D eigenvalue weighted by molar-refractivity contribution is 5.88. The number of fused-ring (bicyclic) bond motifs is 2. The van der Waals surface area contributed by atoms with Crippen molar-refractivity contribution in [1.82, 2.24) is 15.3 Å². The summed E-state index contributed by atoms with van der Waals surface area (Å²) in [7, 11) is 3.87. The number of carbonyl (C=O) groups excluding carboxylic acids is 1. The van der Waals surface area contributed by atoms with Crippen LogP contribution < -0.4 is 15.1 Å². The second kappa shape index (κ2) is 13.6. The van der Waals surface area contributed by atoms with E-state index in [1.165, 1.54) is 23.3 Å². The summed E-state index contributed by atoms with van der Waals surface area (Å²) < 4.78 is 5.62. The SMILES string of the molecule is COc1cccc2c1C[C@H]1C[C@@H](C(=O)NN3CCN(c4ccc([N+](=O)[O-])cc4)CC3)CN(C)[C@@H]1C2.O=C(O)CC(=O)O. The number of nitro benzene ring substituents is 1. The van der Waals surface area contributed by atoms with Gasteiger partial charge >= 0.3 is 11.9 Å². The van der Waals surface area contributed by atoms with Gasteiger partial charge in [0.15, 0.2) is 0 Å². The van der Waals surface area contributed by atoms with Gasteiger partial charge in [-0.2, -0.15) is 0 Å². The first kappa shape index (κ1) is 30.7. The van der Waals surface area contributed by atoms with Crippen LogP contribution >= 0.6 is 0 Å². The van der Waals surface area contributed by atoms with Crippen LogP contribution in [-0.4, -0.2) is 95.8 Å². The first-order valence-corrected chi connectivity index (χ1v) is 13.9. The molecule has 0 radical (unpaired) electrons. The number of amides is 1. The minimum absolute atomic E-state index is 0.0368. The Morgan fingerprint density at radius 1 is 1.02 bits per heavy atom. The van der Waals surface area contributed by atoms with Crippen LogP contribution in [-0.2, 0) is 27.2 Å². The number of ether oxygens (including phenoxy) is 1. The van der Waals surface area contributed by atoms with Gasteiger partial charge in [-0.25, -0.2) is 5.01 Å². The molecular weight excluding hydrogens is 546 g/mol. The molecule has 1 amide bonds. The molecule has 5 rings (SSSR count). The fourth-order valence-electron chi connectivity index (χ4n) is 6.12. The average molecular weight is 584 g/mol. The number of nitrogens with zero attached hydrogens (tertiary/aromatic N) is 4. The van der Waals surface area contributed by atoms with Crippen molar-refractivity contribution in [3.05, 3.63) is 63.7 Å². The molecule has 2 aromatic carbocycles. The maximum absolute atomic E-state index is 13.2. The van der Waals surface area contributed by atoms with E-state index in [0.717, 1.165) is 50.3 Å². The molecule has 1 aliphatic carbocycles. The lowest BCUT2D eigenvalue weighted by Crippen LogP contribution is -2.58. The standard InChI is InChI=1S/C26H33N5O4.C3H4O4/c1-28-17-20(14-19-15-23-18(16-24(19)28)4-3-5-25(23)35-2)26(32)27-30-12-10-29(11-13-30)21-6-8-22(9-7-21)31(33)34;4-2(5)1-3(6)7/h3-9,19-20,24H,10-17H2,1-2H3,(H,27,32);1H2,(H,4,5)(H,6,7)/t19-,20-,24-;/m1./s1. The van der Waals surface area contributed by atoms with Crippen molar-refractivity contribution in [2.75, 3.05) is 51.8 Å². The second-order valence-electron chi connectivity index (χ2n) is 10.9. The second-order valence-corrected chi connectivity index (χ2v) is 10.9. The molecule has 3 aliphatic rings. The summed E-state index contributed by atoms with van der Waals surface area (Å²) in [5.41, 5.74) is 6.90. The molecule has 0 aromatic heterocycles. The van der Waals surface area contributed by atoms with Gasteiger partial charge < -0.3 is 24.7 Å². The number of aliphatic carboxylic acids is 2. The number of carbonyl (C=O) groups is 3. The number of piperazine rings is 1. The number of likely N-dealkylation sites (tertiary alicyclic amines) is 1. The van der Waals surface area contributed by atoms with Crippen molar-refractivity contribution in [3.63, 3.8) is 0 Å². The Bertz CT molecular complexity index is 1280. The Morgan fingerprint density at radius 2 is 1.69 bits per heavy atom. The monoisotopic (exact) mass is 583 g/mol. The molecule has 42 heavy (non-hydrogen) atoms. The molecule has 0 unspecified atom stereocenters. The summed E-state index contributed by atoms with van der Waals surface area (Å²) in [6.45, 7) is 3.70. The van der Waals surface area contributed by atoms with Gasteiger partial charge in [0.05, 0.1) is 18.0 Å². The van der Waals surface area contributed by atoms with E-state index in [9.17, 15) is 24.5 Å². The smallest absolute Gasteiger partial charge is 0.314 e. The summed E-state index contributed by atoms with van der Waals surface area (Å²) in [5.74, 6) is -1.16. The number of hydrogen-bond acceptors (Lipinski definition) is 9. The largest absolute Gasteiger partial charge is 0.496 e. The zero-order chi connectivity index (χ0) is 30.4. The number of non-ortho nitro benzene ring substituents is 1. The number of hydrazine groups is 1. The van der Waals surface area contributed by atoms with Gasteiger partial charge in [-0.3, -0.25) is 29.9 Å². The average Bonchev–Trinajstić information content (AvgIpc) is 2.96. The lowest BCUT2D eigenvalue weighted by molar-refractivity contribution is -0.384. The molecule has 2 aromatic rings. The van der Waals surface area contributed by atoms with Gasteiger partial charge in [0.25, 0.3) is 5.69 Å². The van der Waals surface area contributed by atoms with E-state index in [4.69, 9.17) is 14.9 Å². The third-order valence-electron chi connectivity index (χ3n) is 8.20. The van der Waals surface area contributed by atoms with E-state index in [0.29, 0.717) is 25.0 Å². The van der Waals surface area contributed by atoms with E-state index in [1.807, 2.05) is 11.1 Å². The van der Waals surface area contributed by atoms with Crippen LogP contribution in [0.5, 0.6) is 5.75 Å². The van der Waals surface area contributed by atoms with E-state index < -0.39 is 18.4 Å². The molecule has 0 spiro atoms. The molecule has 2 aliphatic heterocycles. The highest BCUT2D eigenvalue weighted by Gasteiger charge is 2.41. The Morgan fingerprint density at radius 3 is 2.26 bits per heavy atom. The Balaban J connectivity index is 0.000000517. The van der Waals surface area contributed by atoms with Crippen LogP contribution in [0, 0.1) is 22.0 Å². The molecule has 2 heterocycles. The molecule has 0 bridgehead atoms. The highest BCUT2D eigenvalue weighted by Crippen LogP contribution is 2.39. The van der Waals surface area contributed by atoms with Crippen molar-refractivity contribution in [1.29, 1.82) is 0 Å². The van der Waals surface area contributed by atoms with E-state index in [1.54, 1.807) is 19.2 Å². The number of rotatable bonds is 7. The maximum atomic E-state index is 13.2. The number of carboxylic acid groups (broad SMARTS) is 2. The predicted molar refractivity (Wildman–Crippen MR) is 153 cm³/mol. The third kappa shape index (κ3) is 7.53. The number of nitro groups is 1. The fourth-order valence-corrected chi connectivity index (χ4v) is 6.12. The minimum atomic E-state index is -1.31. The first-order chi connectivity index (χ1) is 20.0. The first-order valence-electron chi connectivity index (χ1n) is 13.9. The number of hydrogen-bond donors (Lipinski definition) is 3. The zero-order valence-electron chi connectivity index (χ0n) is 23.8. The number of piperidine rings is 1. The summed E-state index contributed by atoms with van der Waals surface area (Å²) in [5, 5.41) is 28.3. The molecule has 2 saturated heterocycles. The molecule has 13 nitrogen and oxygen atoms in total. The van der Waals surface area contributed by atoms with Gasteiger partial charge in [-0.15, -0.1) is 0 Å². The minimum Gasteiger partial charge on any atom is -0.496 e. The Hall–Kier alpha value is -4.23. The lowest BCUT2D eigenvalue weighted by Gasteiger charge is -2.46. The van der Waals surface area contributed by atoms with Crippen molar-refractivity contribution in [2.24, 2.45) is 11.8 Å². The zero-order valence-corrected chi connectivity index (χ0v) is 23.8. The highest BCUT2D eigenvalue weighted by atomic mass is 16.6. The summed E-state index contributed by atoms with van der Waals surface area (Å²) >= 11 is 0. The topological polar surface area (TPSA) is 166 Å². The molecule has 226 valence electrons. The van der Waals surface area contributed by atoms with Crippen molar-refractivity contribution in [3.8, 4) is 5.75 Å². The van der Waals surface area contributed by atoms with E-state index in [-0.39, 0.29) is 22.4 Å². The number of anilines is 1. The molecule has 2 fully saturated rings. The molecule has 3 N–H and O–H groups in total. The number of nitrogens with one attached hydrogen (secondary N) is 1.